The van der Waals surface area contributed by atoms with Gasteiger partial charge < -0.3 is 15.7 Å². The molecule has 0 atom stereocenters. The van der Waals surface area contributed by atoms with Gasteiger partial charge in [-0.2, -0.15) is 0 Å². The molecule has 0 bridgehead atoms. The summed E-state index contributed by atoms with van der Waals surface area (Å²) in [5.41, 5.74) is -1.83. The van der Waals surface area contributed by atoms with Crippen molar-refractivity contribution in [2.75, 3.05) is 0 Å². The first-order valence-corrected chi connectivity index (χ1v) is 8.97. The third-order valence-corrected chi connectivity index (χ3v) is 3.48. The Morgan fingerprint density at radius 3 is 0.821 bits per heavy atom. The molecule has 0 aliphatic carbocycles. The number of hydrogen-bond acceptors (Lipinski definition) is 4. The molecule has 0 unspecified atom stereocenters. The first-order valence-electron chi connectivity index (χ1n) is 8.97. The maximum absolute atomic E-state index is 11.4. The smallest absolute Gasteiger partial charge is 0.875 e. The van der Waals surface area contributed by atoms with Crippen molar-refractivity contribution >= 4 is 34.6 Å². The van der Waals surface area contributed by atoms with Gasteiger partial charge in [0.1, 0.15) is 0 Å². The topological polar surface area (TPSA) is 112 Å². The molecule has 28 heavy (non-hydrogen) atoms. The van der Waals surface area contributed by atoms with Gasteiger partial charge in [-0.1, -0.05) is 83.1 Å². The van der Waals surface area contributed by atoms with Crippen LogP contribution in [0.25, 0.3) is 0 Å². The zero-order chi connectivity index (χ0) is 21.7. The van der Waals surface area contributed by atoms with E-state index in [1.165, 1.54) is 12.2 Å². The summed E-state index contributed by atoms with van der Waals surface area (Å²) in [5, 5.41) is 22.9. The second kappa shape index (κ2) is 12.0. The number of carbonyl (C=O) groups is 2. The van der Waals surface area contributed by atoms with Crippen LogP contribution in [0.5, 0.6) is 0 Å². The van der Waals surface area contributed by atoms with Gasteiger partial charge in [0.2, 0.25) is 0 Å². The monoisotopic (exact) mass is 408 g/mol. The average molecular weight is 409 g/mol. The average Bonchev–Trinajstić information content (AvgIpc) is 2.34. The van der Waals surface area contributed by atoms with Gasteiger partial charge in [0.05, 0.1) is 0 Å². The van der Waals surface area contributed by atoms with Crippen molar-refractivity contribution in [2.24, 2.45) is 21.7 Å². The van der Waals surface area contributed by atoms with Crippen molar-refractivity contribution in [1.29, 1.82) is 0 Å². The number of rotatable bonds is 2. The van der Waals surface area contributed by atoms with Gasteiger partial charge in [-0.3, -0.25) is 9.59 Å². The van der Waals surface area contributed by atoms with E-state index in [1.807, 2.05) is 83.1 Å². The van der Waals surface area contributed by atoms with Crippen LogP contribution in [-0.4, -0.2) is 40.1 Å². The molecule has 160 valence electrons. The molecule has 0 fully saturated rings. The SMILES string of the molecule is CC(C)(C)C(=O)/C=C(/[O-])C(C)(C)C.CC(C)(C)C(=O)/C=C(\[O-])C(C)(C)C.O.[Mg+2]. The maximum atomic E-state index is 11.4. The number of hydrogen-bond donors (Lipinski definition) is 0. The van der Waals surface area contributed by atoms with Crippen molar-refractivity contribution in [1.82, 2.24) is 0 Å². The van der Waals surface area contributed by atoms with Crippen molar-refractivity contribution < 1.29 is 25.3 Å². The van der Waals surface area contributed by atoms with Crippen LogP contribution in [0, 0.1) is 21.7 Å². The van der Waals surface area contributed by atoms with Crippen LogP contribution in [0.4, 0.5) is 0 Å². The quantitative estimate of drug-likeness (QED) is 0.397. The van der Waals surface area contributed by atoms with Crippen molar-refractivity contribution in [2.45, 2.75) is 83.1 Å². The number of ketones is 2. The predicted molar refractivity (Wildman–Crippen MR) is 113 cm³/mol. The van der Waals surface area contributed by atoms with Gasteiger partial charge in [0, 0.05) is 10.8 Å². The van der Waals surface area contributed by atoms with Gasteiger partial charge >= 0.3 is 23.1 Å². The Morgan fingerprint density at radius 2 is 0.714 bits per heavy atom. The Bertz CT molecular complexity index is 508. The van der Waals surface area contributed by atoms with Crippen LogP contribution >= 0.6 is 0 Å². The van der Waals surface area contributed by atoms with Crippen molar-refractivity contribution in [3.05, 3.63) is 23.7 Å². The molecule has 6 heteroatoms. The summed E-state index contributed by atoms with van der Waals surface area (Å²) < 4.78 is 0. The fourth-order valence-corrected chi connectivity index (χ4v) is 1.10. The predicted octanol–water partition coefficient (Wildman–Crippen LogP) is 2.58. The Kier molecular flexibility index (Phi) is 14.8. The van der Waals surface area contributed by atoms with E-state index in [1.54, 1.807) is 0 Å². The van der Waals surface area contributed by atoms with Gasteiger partial charge in [-0.05, 0) is 23.0 Å². The molecule has 0 saturated carbocycles. The first kappa shape index (κ1) is 34.6. The molecule has 0 radical (unpaired) electrons. The Morgan fingerprint density at radius 1 is 0.536 bits per heavy atom. The molecule has 0 aromatic heterocycles. The zero-order valence-electron chi connectivity index (χ0n) is 20.0. The van der Waals surface area contributed by atoms with Crippen LogP contribution < -0.4 is 10.2 Å². The van der Waals surface area contributed by atoms with Gasteiger partial charge in [-0.25, -0.2) is 0 Å². The van der Waals surface area contributed by atoms with Crippen molar-refractivity contribution in [3.63, 3.8) is 0 Å². The van der Waals surface area contributed by atoms with E-state index < -0.39 is 21.7 Å². The molecule has 2 N–H and O–H groups in total. The standard InChI is InChI=1S/2C11H20O2.Mg.H2O/c2*1-10(2,3)8(12)7-9(13)11(4,5)6;;/h2*7,12H,1-6H3;;1H2/q;;+2;/p-2/b8-7+;8-7-;;. The zero-order valence-corrected chi connectivity index (χ0v) is 21.4. The van der Waals surface area contributed by atoms with Crippen LogP contribution in [0.2, 0.25) is 0 Å². The molecule has 0 heterocycles. The maximum Gasteiger partial charge on any atom is 2.00 e. The molecule has 0 rings (SSSR count). The fraction of sp³-hybridized carbons (Fsp3) is 0.727. The molecule has 0 amide bonds. The third-order valence-electron chi connectivity index (χ3n) is 3.48. The van der Waals surface area contributed by atoms with Crippen molar-refractivity contribution in [3.8, 4) is 0 Å². The Labute approximate surface area is 188 Å². The van der Waals surface area contributed by atoms with Crippen LogP contribution in [0.3, 0.4) is 0 Å². The number of carbonyl (C=O) groups excluding carboxylic acids is 2. The largest absolute Gasteiger partial charge is 2.00 e. The van der Waals surface area contributed by atoms with Crippen LogP contribution in [-0.2, 0) is 9.59 Å². The Hall–Kier alpha value is -0.854. The summed E-state index contributed by atoms with van der Waals surface area (Å²) >= 11 is 0. The van der Waals surface area contributed by atoms with E-state index in [0.717, 1.165) is 0 Å². The third kappa shape index (κ3) is 15.1. The second-order valence-corrected chi connectivity index (χ2v) is 10.7. The molecule has 0 aromatic rings. The van der Waals surface area contributed by atoms with Gasteiger partial charge in [-0.15, -0.1) is 11.5 Å². The fourth-order valence-electron chi connectivity index (χ4n) is 1.10. The van der Waals surface area contributed by atoms with Gasteiger partial charge in [0.15, 0.2) is 11.6 Å². The molecule has 0 aromatic carbocycles. The summed E-state index contributed by atoms with van der Waals surface area (Å²) in [6.45, 7) is 21.7. The summed E-state index contributed by atoms with van der Waals surface area (Å²) in [4.78, 5) is 22.9. The minimum absolute atomic E-state index is 0. The summed E-state index contributed by atoms with van der Waals surface area (Å²) in [5.74, 6) is -0.417. The molecule has 0 spiro atoms. The minimum Gasteiger partial charge on any atom is -0.875 e. The second-order valence-electron chi connectivity index (χ2n) is 10.7. The summed E-state index contributed by atoms with van der Waals surface area (Å²) in [6.07, 6.45) is 2.44. The van der Waals surface area contributed by atoms with E-state index in [-0.39, 0.29) is 51.6 Å². The van der Waals surface area contributed by atoms with Crippen LogP contribution in [0.1, 0.15) is 83.1 Å². The van der Waals surface area contributed by atoms with E-state index in [9.17, 15) is 19.8 Å². The minimum atomic E-state index is -0.457. The molecule has 0 aliphatic heterocycles. The number of allylic oxidation sites excluding steroid dienone is 4. The normalized spacial score (nSPS) is 13.4. The Balaban J connectivity index is -0.000000192. The molecule has 5 nitrogen and oxygen atoms in total. The first-order chi connectivity index (χ1) is 11.1. The summed E-state index contributed by atoms with van der Waals surface area (Å²) in [7, 11) is 0. The molecular formula is C22H40MgO5. The molecular weight excluding hydrogens is 369 g/mol. The van der Waals surface area contributed by atoms with E-state index in [4.69, 9.17) is 0 Å². The van der Waals surface area contributed by atoms with E-state index in [2.05, 4.69) is 0 Å². The van der Waals surface area contributed by atoms with Crippen LogP contribution in [0.15, 0.2) is 23.7 Å². The van der Waals surface area contributed by atoms with E-state index in [0.29, 0.717) is 0 Å². The molecule has 0 saturated heterocycles. The van der Waals surface area contributed by atoms with E-state index >= 15 is 0 Å². The molecule has 0 aliphatic rings. The summed E-state index contributed by atoms with van der Waals surface area (Å²) in [6, 6.07) is 0. The van der Waals surface area contributed by atoms with Gasteiger partial charge in [0.25, 0.3) is 0 Å².